The van der Waals surface area contributed by atoms with Crippen LogP contribution < -0.4 is 11.1 Å². The van der Waals surface area contributed by atoms with Crippen molar-refractivity contribution in [1.29, 1.82) is 0 Å². The second-order valence-corrected chi connectivity index (χ2v) is 3.82. The average molecular weight is 146 g/mol. The molecule has 0 bridgehead atoms. The summed E-state index contributed by atoms with van der Waals surface area (Å²) in [6.45, 7) is 4.31. The van der Waals surface area contributed by atoms with Gasteiger partial charge in [-0.3, -0.25) is 0 Å². The summed E-state index contributed by atoms with van der Waals surface area (Å²) in [5.41, 5.74) is 5.71. The number of nitrogens with one attached hydrogen (secondary N) is 1. The predicted octanol–water partition coefficient (Wildman–Crippen LogP) is 0.0386. The zero-order valence-electron chi connectivity index (χ0n) is 5.76. The summed E-state index contributed by atoms with van der Waals surface area (Å²) < 4.78 is 0. The SMILES string of the molecule is CC(N)C1CNCCS1. The van der Waals surface area contributed by atoms with E-state index in [2.05, 4.69) is 12.2 Å². The summed E-state index contributed by atoms with van der Waals surface area (Å²) in [5.74, 6) is 1.21. The van der Waals surface area contributed by atoms with Crippen LogP contribution in [0, 0.1) is 0 Å². The van der Waals surface area contributed by atoms with E-state index in [1.807, 2.05) is 11.8 Å². The third-order valence-electron chi connectivity index (χ3n) is 1.54. The van der Waals surface area contributed by atoms with Crippen LogP contribution in [0.4, 0.5) is 0 Å². The molecule has 0 spiro atoms. The Bertz CT molecular complexity index is 79.1. The van der Waals surface area contributed by atoms with Gasteiger partial charge in [0.1, 0.15) is 0 Å². The first-order chi connectivity index (χ1) is 4.30. The number of hydrogen-bond acceptors (Lipinski definition) is 3. The van der Waals surface area contributed by atoms with Gasteiger partial charge in [0.15, 0.2) is 0 Å². The topological polar surface area (TPSA) is 38.0 Å². The third kappa shape index (κ3) is 2.16. The number of rotatable bonds is 1. The maximum Gasteiger partial charge on any atom is 0.0321 e. The van der Waals surface area contributed by atoms with Crippen LogP contribution >= 0.6 is 11.8 Å². The zero-order valence-corrected chi connectivity index (χ0v) is 6.58. The van der Waals surface area contributed by atoms with Crippen LogP contribution in [-0.2, 0) is 0 Å². The Balaban J connectivity index is 2.23. The first-order valence-electron chi connectivity index (χ1n) is 3.38. The Kier molecular flexibility index (Phi) is 2.82. The first kappa shape index (κ1) is 7.38. The first-order valence-corrected chi connectivity index (χ1v) is 4.43. The van der Waals surface area contributed by atoms with Gasteiger partial charge in [-0.2, -0.15) is 11.8 Å². The van der Waals surface area contributed by atoms with E-state index >= 15 is 0 Å². The highest BCUT2D eigenvalue weighted by molar-refractivity contribution is 8.00. The van der Waals surface area contributed by atoms with Crippen molar-refractivity contribution in [3.8, 4) is 0 Å². The van der Waals surface area contributed by atoms with Gasteiger partial charge in [-0.05, 0) is 6.92 Å². The Labute approximate surface area is 60.6 Å². The lowest BCUT2D eigenvalue weighted by Gasteiger charge is -2.25. The van der Waals surface area contributed by atoms with Crippen LogP contribution in [-0.4, -0.2) is 30.1 Å². The van der Waals surface area contributed by atoms with Crippen molar-refractivity contribution in [2.75, 3.05) is 18.8 Å². The van der Waals surface area contributed by atoms with Crippen molar-refractivity contribution in [2.45, 2.75) is 18.2 Å². The molecule has 3 heteroatoms. The highest BCUT2D eigenvalue weighted by Crippen LogP contribution is 2.14. The molecule has 0 radical (unpaired) electrons. The molecule has 1 saturated heterocycles. The van der Waals surface area contributed by atoms with E-state index in [0.29, 0.717) is 11.3 Å². The van der Waals surface area contributed by atoms with E-state index < -0.39 is 0 Å². The molecule has 2 nitrogen and oxygen atoms in total. The average Bonchev–Trinajstić information content (AvgIpc) is 1.90. The monoisotopic (exact) mass is 146 g/mol. The van der Waals surface area contributed by atoms with Crippen LogP contribution in [0.25, 0.3) is 0 Å². The molecule has 9 heavy (non-hydrogen) atoms. The molecule has 54 valence electrons. The zero-order chi connectivity index (χ0) is 6.69. The van der Waals surface area contributed by atoms with Gasteiger partial charge in [-0.1, -0.05) is 0 Å². The second-order valence-electron chi connectivity index (χ2n) is 2.47. The van der Waals surface area contributed by atoms with Crippen LogP contribution in [0.5, 0.6) is 0 Å². The second kappa shape index (κ2) is 3.44. The minimum absolute atomic E-state index is 0.336. The van der Waals surface area contributed by atoms with Gasteiger partial charge < -0.3 is 11.1 Å². The van der Waals surface area contributed by atoms with Gasteiger partial charge in [0.05, 0.1) is 0 Å². The van der Waals surface area contributed by atoms with Gasteiger partial charge in [0.25, 0.3) is 0 Å². The van der Waals surface area contributed by atoms with Crippen LogP contribution in [0.1, 0.15) is 6.92 Å². The molecule has 0 saturated carbocycles. The van der Waals surface area contributed by atoms with Crippen molar-refractivity contribution in [3.63, 3.8) is 0 Å². The Morgan fingerprint density at radius 2 is 2.56 bits per heavy atom. The molecule has 2 unspecified atom stereocenters. The largest absolute Gasteiger partial charge is 0.327 e. The van der Waals surface area contributed by atoms with Gasteiger partial charge in [-0.15, -0.1) is 0 Å². The number of thioether (sulfide) groups is 1. The van der Waals surface area contributed by atoms with Crippen LogP contribution in [0.3, 0.4) is 0 Å². The Morgan fingerprint density at radius 1 is 1.78 bits per heavy atom. The normalized spacial score (nSPS) is 32.0. The molecule has 0 aliphatic carbocycles. The fourth-order valence-electron chi connectivity index (χ4n) is 0.923. The third-order valence-corrected chi connectivity index (χ3v) is 3.01. The van der Waals surface area contributed by atoms with Gasteiger partial charge in [-0.25, -0.2) is 0 Å². The highest BCUT2D eigenvalue weighted by Gasteiger charge is 2.16. The quantitative estimate of drug-likeness (QED) is 0.548. The molecular weight excluding hydrogens is 132 g/mol. The van der Waals surface area contributed by atoms with E-state index in [1.165, 1.54) is 5.75 Å². The van der Waals surface area contributed by atoms with E-state index in [0.717, 1.165) is 13.1 Å². The Hall–Kier alpha value is 0.270. The lowest BCUT2D eigenvalue weighted by atomic mass is 10.2. The smallest absolute Gasteiger partial charge is 0.0321 e. The lowest BCUT2D eigenvalue weighted by Crippen LogP contribution is -2.42. The molecule has 3 N–H and O–H groups in total. The minimum Gasteiger partial charge on any atom is -0.327 e. The molecule has 0 aromatic heterocycles. The molecule has 1 heterocycles. The van der Waals surface area contributed by atoms with E-state index in [4.69, 9.17) is 5.73 Å². The molecule has 0 aromatic carbocycles. The molecule has 1 aliphatic rings. The summed E-state index contributed by atoms with van der Waals surface area (Å²) >= 11 is 1.98. The summed E-state index contributed by atoms with van der Waals surface area (Å²) in [6, 6.07) is 0.336. The molecule has 1 fully saturated rings. The maximum absolute atomic E-state index is 5.71. The maximum atomic E-state index is 5.71. The van der Waals surface area contributed by atoms with Crippen molar-refractivity contribution in [1.82, 2.24) is 5.32 Å². The van der Waals surface area contributed by atoms with Gasteiger partial charge in [0, 0.05) is 30.1 Å². The minimum atomic E-state index is 0.336. The van der Waals surface area contributed by atoms with Crippen LogP contribution in [0.15, 0.2) is 0 Å². The van der Waals surface area contributed by atoms with Crippen LogP contribution in [0.2, 0.25) is 0 Å². The molecule has 0 aromatic rings. The number of nitrogens with two attached hydrogens (primary N) is 1. The molecule has 1 aliphatic heterocycles. The summed E-state index contributed by atoms with van der Waals surface area (Å²) in [6.07, 6.45) is 0. The highest BCUT2D eigenvalue weighted by atomic mass is 32.2. The van der Waals surface area contributed by atoms with E-state index in [9.17, 15) is 0 Å². The number of hydrogen-bond donors (Lipinski definition) is 2. The molecule has 2 atom stereocenters. The van der Waals surface area contributed by atoms with Crippen molar-refractivity contribution in [2.24, 2.45) is 5.73 Å². The predicted molar refractivity (Wildman–Crippen MR) is 42.8 cm³/mol. The molecular formula is C6H14N2S. The Morgan fingerprint density at radius 3 is 2.89 bits per heavy atom. The van der Waals surface area contributed by atoms with Gasteiger partial charge in [0.2, 0.25) is 0 Å². The van der Waals surface area contributed by atoms with Crippen molar-refractivity contribution >= 4 is 11.8 Å². The fourth-order valence-corrected chi connectivity index (χ4v) is 2.03. The van der Waals surface area contributed by atoms with Gasteiger partial charge >= 0.3 is 0 Å². The summed E-state index contributed by atoms with van der Waals surface area (Å²) in [5, 5.41) is 3.95. The lowest BCUT2D eigenvalue weighted by molar-refractivity contribution is 0.602. The van der Waals surface area contributed by atoms with E-state index in [-0.39, 0.29) is 0 Å². The van der Waals surface area contributed by atoms with Crippen molar-refractivity contribution < 1.29 is 0 Å². The van der Waals surface area contributed by atoms with E-state index in [1.54, 1.807) is 0 Å². The molecule has 0 amide bonds. The van der Waals surface area contributed by atoms with Crippen molar-refractivity contribution in [3.05, 3.63) is 0 Å². The summed E-state index contributed by atoms with van der Waals surface area (Å²) in [4.78, 5) is 0. The summed E-state index contributed by atoms with van der Waals surface area (Å²) in [7, 11) is 0. The molecule has 1 rings (SSSR count). The standard InChI is InChI=1S/C6H14N2S/c1-5(7)6-4-8-2-3-9-6/h5-6,8H,2-4,7H2,1H3. The fraction of sp³-hybridized carbons (Fsp3) is 1.00.